The van der Waals surface area contributed by atoms with Gasteiger partial charge in [0, 0.05) is 36.1 Å². The van der Waals surface area contributed by atoms with E-state index in [-0.39, 0.29) is 26.3 Å². The van der Waals surface area contributed by atoms with Gasteiger partial charge >= 0.3 is 5.97 Å². The van der Waals surface area contributed by atoms with Crippen LogP contribution < -0.4 is 24.3 Å². The Morgan fingerprint density at radius 2 is 1.86 bits per heavy atom. The zero-order chi connectivity index (χ0) is 29.3. The first kappa shape index (κ1) is 28.4. The van der Waals surface area contributed by atoms with Crippen LogP contribution >= 0.6 is 0 Å². The molecule has 5 rings (SSSR count). The van der Waals surface area contributed by atoms with E-state index in [0.29, 0.717) is 58.5 Å². The maximum Gasteiger partial charge on any atom is 0.317 e. The number of hydrogen-bond acceptors (Lipinski definition) is 8. The lowest BCUT2D eigenvalue weighted by Gasteiger charge is -2.20. The largest absolute Gasteiger partial charge is 0.489 e. The topological polar surface area (TPSA) is 123 Å². The van der Waals surface area contributed by atoms with Gasteiger partial charge < -0.3 is 29.4 Å². The molecule has 42 heavy (non-hydrogen) atoms. The Kier molecular flexibility index (Phi) is 9.11. The summed E-state index contributed by atoms with van der Waals surface area (Å²) in [5.41, 5.74) is 4.61. The summed E-state index contributed by atoms with van der Waals surface area (Å²) in [5, 5.41) is 21.0. The first-order valence-corrected chi connectivity index (χ1v) is 13.3. The van der Waals surface area contributed by atoms with Crippen molar-refractivity contribution in [2.24, 2.45) is 0 Å². The minimum absolute atomic E-state index is 0.113. The van der Waals surface area contributed by atoms with Crippen molar-refractivity contribution in [3.63, 3.8) is 0 Å². The van der Waals surface area contributed by atoms with E-state index in [1.807, 2.05) is 36.4 Å². The number of nitrogens with zero attached hydrogens (tertiary/aromatic N) is 2. The number of hydrogen-bond donors (Lipinski definition) is 2. The van der Waals surface area contributed by atoms with Crippen molar-refractivity contribution < 1.29 is 33.2 Å². The average Bonchev–Trinajstić information content (AvgIpc) is 3.02. The Hall–Kier alpha value is -5.14. The molecule has 0 unspecified atom stereocenters. The van der Waals surface area contributed by atoms with Crippen LogP contribution in [0, 0.1) is 11.3 Å². The molecule has 0 atom stereocenters. The summed E-state index contributed by atoms with van der Waals surface area (Å²) in [7, 11) is 0. The average molecular weight is 570 g/mol. The van der Waals surface area contributed by atoms with E-state index in [9.17, 15) is 9.18 Å². The number of ether oxygens (including phenoxy) is 4. The third-order valence-electron chi connectivity index (χ3n) is 6.60. The van der Waals surface area contributed by atoms with Crippen LogP contribution in [0.2, 0.25) is 0 Å². The van der Waals surface area contributed by atoms with E-state index in [4.69, 9.17) is 29.3 Å². The molecule has 1 aliphatic heterocycles. The fourth-order valence-corrected chi connectivity index (χ4v) is 4.57. The highest BCUT2D eigenvalue weighted by Gasteiger charge is 2.16. The fourth-order valence-electron chi connectivity index (χ4n) is 4.57. The van der Waals surface area contributed by atoms with E-state index in [1.165, 1.54) is 6.20 Å². The van der Waals surface area contributed by atoms with Crippen LogP contribution in [-0.4, -0.2) is 35.8 Å². The molecule has 2 N–H and O–H groups in total. The maximum absolute atomic E-state index is 14.4. The van der Waals surface area contributed by atoms with Crippen LogP contribution in [0.5, 0.6) is 23.0 Å². The Bertz CT molecular complexity index is 1620. The van der Waals surface area contributed by atoms with Gasteiger partial charge in [-0.25, -0.2) is 4.39 Å². The number of halogens is 1. The number of nitriles is 1. The highest BCUT2D eigenvalue weighted by molar-refractivity contribution is 5.71. The summed E-state index contributed by atoms with van der Waals surface area (Å²) in [4.78, 5) is 15.0. The zero-order valence-corrected chi connectivity index (χ0v) is 22.6. The second kappa shape index (κ2) is 13.5. The van der Waals surface area contributed by atoms with Crippen molar-refractivity contribution in [1.82, 2.24) is 10.3 Å². The SMILES string of the molecule is N#Cc1cncc(COc2cc(OCc3cccc(-c4ccc5c(c4)OCCO5)c3CF)ccc2CNCC(=O)O)c1. The number of aliphatic carboxylic acids is 1. The number of rotatable bonds is 12. The maximum atomic E-state index is 14.4. The number of carboxylic acid groups (broad SMARTS) is 1. The Morgan fingerprint density at radius 1 is 1.00 bits per heavy atom. The van der Waals surface area contributed by atoms with Gasteiger partial charge in [0.25, 0.3) is 0 Å². The quantitative estimate of drug-likeness (QED) is 0.237. The molecule has 10 heteroatoms. The third kappa shape index (κ3) is 6.95. The highest BCUT2D eigenvalue weighted by Crippen LogP contribution is 2.37. The minimum Gasteiger partial charge on any atom is -0.489 e. The minimum atomic E-state index is -0.973. The van der Waals surface area contributed by atoms with Crippen LogP contribution in [0.4, 0.5) is 4.39 Å². The monoisotopic (exact) mass is 569 g/mol. The zero-order valence-electron chi connectivity index (χ0n) is 22.6. The molecule has 1 aliphatic rings. The molecule has 0 saturated heterocycles. The van der Waals surface area contributed by atoms with Crippen molar-refractivity contribution in [2.45, 2.75) is 26.4 Å². The van der Waals surface area contributed by atoms with Crippen molar-refractivity contribution in [1.29, 1.82) is 5.26 Å². The first-order valence-electron chi connectivity index (χ1n) is 13.3. The van der Waals surface area contributed by atoms with Gasteiger partial charge in [-0.15, -0.1) is 0 Å². The van der Waals surface area contributed by atoms with Crippen LogP contribution in [0.3, 0.4) is 0 Å². The van der Waals surface area contributed by atoms with E-state index in [0.717, 1.165) is 16.7 Å². The van der Waals surface area contributed by atoms with Crippen LogP contribution in [0.25, 0.3) is 11.1 Å². The van der Waals surface area contributed by atoms with Gasteiger partial charge in [-0.2, -0.15) is 5.26 Å². The molecule has 214 valence electrons. The molecular formula is C32H28FN3O6. The summed E-state index contributed by atoms with van der Waals surface area (Å²) in [5.74, 6) is 1.29. The highest BCUT2D eigenvalue weighted by atomic mass is 19.1. The van der Waals surface area contributed by atoms with Crippen molar-refractivity contribution in [3.05, 3.63) is 101 Å². The predicted molar refractivity (Wildman–Crippen MR) is 151 cm³/mol. The molecule has 0 bridgehead atoms. The Balaban J connectivity index is 1.35. The predicted octanol–water partition coefficient (Wildman–Crippen LogP) is 5.19. The molecule has 3 aromatic carbocycles. The Morgan fingerprint density at radius 3 is 2.67 bits per heavy atom. The third-order valence-corrected chi connectivity index (χ3v) is 6.60. The summed E-state index contributed by atoms with van der Waals surface area (Å²) in [6, 6.07) is 20.1. The Labute approximate surface area is 242 Å². The second-order valence-corrected chi connectivity index (χ2v) is 9.47. The van der Waals surface area contributed by atoms with Gasteiger partial charge in [-0.1, -0.05) is 30.3 Å². The number of nitrogens with one attached hydrogen (secondary N) is 1. The van der Waals surface area contributed by atoms with Gasteiger partial charge in [-0.3, -0.25) is 9.78 Å². The number of alkyl halides is 1. The van der Waals surface area contributed by atoms with Gasteiger partial charge in [0.2, 0.25) is 0 Å². The molecule has 0 saturated carbocycles. The van der Waals surface area contributed by atoms with Gasteiger partial charge in [0.05, 0.1) is 12.1 Å². The van der Waals surface area contributed by atoms with Crippen LogP contribution in [0.15, 0.2) is 73.1 Å². The second-order valence-electron chi connectivity index (χ2n) is 9.47. The summed E-state index contributed by atoms with van der Waals surface area (Å²) in [6.07, 6.45) is 3.07. The molecule has 0 radical (unpaired) electrons. The van der Waals surface area contributed by atoms with Gasteiger partial charge in [-0.05, 0) is 46.5 Å². The normalized spacial score (nSPS) is 11.9. The number of aromatic nitrogens is 1. The summed E-state index contributed by atoms with van der Waals surface area (Å²) < 4.78 is 37.8. The molecule has 0 fully saturated rings. The van der Waals surface area contributed by atoms with E-state index in [1.54, 1.807) is 30.5 Å². The van der Waals surface area contributed by atoms with Crippen LogP contribution in [-0.2, 0) is 31.2 Å². The van der Waals surface area contributed by atoms with Crippen molar-refractivity contribution >= 4 is 5.97 Å². The lowest BCUT2D eigenvalue weighted by atomic mass is 9.96. The summed E-state index contributed by atoms with van der Waals surface area (Å²) >= 11 is 0. The number of pyridine rings is 1. The standard InChI is InChI=1S/C32H28FN3O6/c33-13-28-25(2-1-3-27(28)23-5-7-29-31(11-23)40-9-8-39-29)20-41-26-6-4-24(17-36-18-32(37)38)30(12-26)42-19-22-10-21(14-34)15-35-16-22/h1-7,10-12,15-16,36H,8-9,13,17-20H2,(H,37,38). The number of carboxylic acids is 1. The molecule has 4 aromatic rings. The molecule has 0 amide bonds. The lowest BCUT2D eigenvalue weighted by Crippen LogP contribution is -2.22. The lowest BCUT2D eigenvalue weighted by molar-refractivity contribution is -0.136. The summed E-state index contributed by atoms with van der Waals surface area (Å²) in [6.45, 7) is 0.571. The van der Waals surface area contributed by atoms with E-state index < -0.39 is 12.6 Å². The molecular weight excluding hydrogens is 541 g/mol. The van der Waals surface area contributed by atoms with Crippen molar-refractivity contribution in [2.75, 3.05) is 19.8 Å². The molecule has 1 aromatic heterocycles. The molecule has 2 heterocycles. The van der Waals surface area contributed by atoms with E-state index in [2.05, 4.69) is 16.4 Å². The fraction of sp³-hybridized carbons (Fsp3) is 0.219. The number of benzene rings is 3. The molecule has 0 aliphatic carbocycles. The van der Waals surface area contributed by atoms with Gasteiger partial charge in [0.1, 0.15) is 50.7 Å². The van der Waals surface area contributed by atoms with E-state index >= 15 is 0 Å². The first-order chi connectivity index (χ1) is 20.5. The van der Waals surface area contributed by atoms with Gasteiger partial charge in [0.15, 0.2) is 11.5 Å². The van der Waals surface area contributed by atoms with Crippen LogP contribution in [0.1, 0.15) is 27.8 Å². The smallest absolute Gasteiger partial charge is 0.317 e. The van der Waals surface area contributed by atoms with Crippen molar-refractivity contribution in [3.8, 4) is 40.2 Å². The molecule has 9 nitrogen and oxygen atoms in total. The number of carbonyl (C=O) groups is 1. The number of fused-ring (bicyclic) bond motifs is 1. The molecule has 0 spiro atoms.